The third kappa shape index (κ3) is 3.10. The third-order valence-corrected chi connectivity index (χ3v) is 3.96. The number of aryl methyl sites for hydroxylation is 1. The van der Waals surface area contributed by atoms with Crippen molar-refractivity contribution in [1.29, 1.82) is 0 Å². The highest BCUT2D eigenvalue weighted by molar-refractivity contribution is 5.92. The van der Waals surface area contributed by atoms with E-state index in [0.29, 0.717) is 5.69 Å². The van der Waals surface area contributed by atoms with Gasteiger partial charge >= 0.3 is 0 Å². The second kappa shape index (κ2) is 6.60. The lowest BCUT2D eigenvalue weighted by molar-refractivity contribution is 0.0741. The van der Waals surface area contributed by atoms with E-state index in [1.165, 1.54) is 0 Å². The molecule has 1 aliphatic rings. The van der Waals surface area contributed by atoms with Gasteiger partial charge in [-0.25, -0.2) is 0 Å². The first-order chi connectivity index (χ1) is 10.8. The molecule has 2 aromatic rings. The Morgan fingerprint density at radius 3 is 2.64 bits per heavy atom. The Morgan fingerprint density at radius 2 is 1.95 bits per heavy atom. The molecule has 6 nitrogen and oxygen atoms in total. The fourth-order valence-corrected chi connectivity index (χ4v) is 2.75. The number of pyridine rings is 1. The van der Waals surface area contributed by atoms with E-state index in [0.717, 1.165) is 50.4 Å². The summed E-state index contributed by atoms with van der Waals surface area (Å²) in [6.07, 6.45) is 5.56. The Hall–Kier alpha value is -2.37. The molecule has 2 aromatic heterocycles. The van der Waals surface area contributed by atoms with E-state index in [9.17, 15) is 4.79 Å². The first kappa shape index (κ1) is 14.6. The number of nitrogens with one attached hydrogen (secondary N) is 1. The second-order valence-electron chi connectivity index (χ2n) is 5.51. The van der Waals surface area contributed by atoms with Gasteiger partial charge in [0.2, 0.25) is 0 Å². The van der Waals surface area contributed by atoms with E-state index in [1.54, 1.807) is 12.4 Å². The maximum atomic E-state index is 12.5. The molecule has 6 heteroatoms. The van der Waals surface area contributed by atoms with Gasteiger partial charge in [-0.2, -0.15) is 5.10 Å². The van der Waals surface area contributed by atoms with Crippen molar-refractivity contribution in [1.82, 2.24) is 20.1 Å². The molecular weight excluding hydrogens is 278 g/mol. The van der Waals surface area contributed by atoms with Gasteiger partial charge in [-0.05, 0) is 24.6 Å². The van der Waals surface area contributed by atoms with Gasteiger partial charge in [-0.15, -0.1) is 0 Å². The van der Waals surface area contributed by atoms with Crippen molar-refractivity contribution in [2.24, 2.45) is 0 Å². The molecule has 0 aromatic carbocycles. The number of amides is 1. The average Bonchev–Trinajstić information content (AvgIpc) is 3.04. The molecule has 3 rings (SSSR count). The molecule has 22 heavy (non-hydrogen) atoms. The van der Waals surface area contributed by atoms with Gasteiger partial charge in [0.1, 0.15) is 5.69 Å². The van der Waals surface area contributed by atoms with Crippen LogP contribution in [0.5, 0.6) is 0 Å². The zero-order chi connectivity index (χ0) is 15.4. The number of anilines is 1. The number of aromatic amines is 1. The number of hydrogen-bond donors (Lipinski definition) is 1. The molecule has 116 valence electrons. The van der Waals surface area contributed by atoms with Crippen LogP contribution in [0.4, 0.5) is 5.69 Å². The van der Waals surface area contributed by atoms with Gasteiger partial charge in [0.15, 0.2) is 0 Å². The first-order valence-corrected chi connectivity index (χ1v) is 7.76. The molecule has 3 heterocycles. The van der Waals surface area contributed by atoms with Gasteiger partial charge in [-0.1, -0.05) is 13.3 Å². The topological polar surface area (TPSA) is 65.1 Å². The lowest BCUT2D eigenvalue weighted by Crippen LogP contribution is -2.48. The summed E-state index contributed by atoms with van der Waals surface area (Å²) in [4.78, 5) is 20.7. The molecule has 0 spiro atoms. The molecule has 1 amide bonds. The van der Waals surface area contributed by atoms with Crippen LogP contribution < -0.4 is 4.90 Å². The van der Waals surface area contributed by atoms with Crippen molar-refractivity contribution >= 4 is 11.6 Å². The second-order valence-corrected chi connectivity index (χ2v) is 5.51. The first-order valence-electron chi connectivity index (χ1n) is 7.76. The van der Waals surface area contributed by atoms with Crippen molar-refractivity contribution in [3.05, 3.63) is 42.0 Å². The van der Waals surface area contributed by atoms with Crippen molar-refractivity contribution in [2.45, 2.75) is 19.8 Å². The number of carbonyl (C=O) groups excluding carboxylic acids is 1. The van der Waals surface area contributed by atoms with Crippen molar-refractivity contribution in [3.8, 4) is 0 Å². The maximum absolute atomic E-state index is 12.5. The summed E-state index contributed by atoms with van der Waals surface area (Å²) in [5, 5.41) is 7.10. The van der Waals surface area contributed by atoms with Crippen LogP contribution in [-0.4, -0.2) is 52.2 Å². The fraction of sp³-hybridized carbons (Fsp3) is 0.438. The highest BCUT2D eigenvalue weighted by Crippen LogP contribution is 2.16. The lowest BCUT2D eigenvalue weighted by atomic mass is 10.2. The maximum Gasteiger partial charge on any atom is 0.274 e. The summed E-state index contributed by atoms with van der Waals surface area (Å²) in [5.74, 6) is 0.0213. The molecule has 0 atom stereocenters. The average molecular weight is 299 g/mol. The number of hydrogen-bond acceptors (Lipinski definition) is 4. The molecule has 1 N–H and O–H groups in total. The molecule has 0 bridgehead atoms. The Bertz CT molecular complexity index is 616. The highest BCUT2D eigenvalue weighted by atomic mass is 16.2. The van der Waals surface area contributed by atoms with E-state index in [2.05, 4.69) is 27.0 Å². The van der Waals surface area contributed by atoms with Crippen molar-refractivity contribution < 1.29 is 4.79 Å². The van der Waals surface area contributed by atoms with Crippen LogP contribution in [0, 0.1) is 0 Å². The van der Waals surface area contributed by atoms with Gasteiger partial charge in [0.05, 0.1) is 0 Å². The highest BCUT2D eigenvalue weighted by Gasteiger charge is 2.23. The molecular formula is C16H21N5O. The predicted octanol–water partition coefficient (Wildman–Crippen LogP) is 1.72. The molecule has 0 aliphatic carbocycles. The van der Waals surface area contributed by atoms with Crippen LogP contribution >= 0.6 is 0 Å². The van der Waals surface area contributed by atoms with Crippen LogP contribution in [0.3, 0.4) is 0 Å². The minimum atomic E-state index is 0.0213. The van der Waals surface area contributed by atoms with E-state index in [1.807, 2.05) is 23.1 Å². The molecule has 0 radical (unpaired) electrons. The number of aromatic nitrogens is 3. The number of piperazine rings is 1. The van der Waals surface area contributed by atoms with Crippen LogP contribution in [0.25, 0.3) is 0 Å². The van der Waals surface area contributed by atoms with Crippen LogP contribution in [0.15, 0.2) is 30.6 Å². The van der Waals surface area contributed by atoms with Gasteiger partial charge < -0.3 is 9.80 Å². The summed E-state index contributed by atoms with van der Waals surface area (Å²) in [5.41, 5.74) is 2.72. The quantitative estimate of drug-likeness (QED) is 0.933. The molecule has 1 aliphatic heterocycles. The molecule has 0 saturated carbocycles. The lowest BCUT2D eigenvalue weighted by Gasteiger charge is -2.35. The summed E-state index contributed by atoms with van der Waals surface area (Å²) >= 11 is 0. The Balaban J connectivity index is 1.59. The number of nitrogens with zero attached hydrogens (tertiary/aromatic N) is 4. The van der Waals surface area contributed by atoms with Crippen molar-refractivity contribution in [3.63, 3.8) is 0 Å². The Morgan fingerprint density at radius 1 is 1.23 bits per heavy atom. The van der Waals surface area contributed by atoms with Gasteiger partial charge in [0, 0.05) is 50.0 Å². The zero-order valence-electron chi connectivity index (χ0n) is 12.8. The fourth-order valence-electron chi connectivity index (χ4n) is 2.75. The Kier molecular flexibility index (Phi) is 4.37. The molecule has 1 saturated heterocycles. The largest absolute Gasteiger partial charge is 0.368 e. The summed E-state index contributed by atoms with van der Waals surface area (Å²) < 4.78 is 0. The standard InChI is InChI=1S/C16H21N5O/c1-2-3-13-12-15(19-18-13)16(22)21-10-8-20(9-11-21)14-4-6-17-7-5-14/h4-7,12H,2-3,8-11H2,1H3,(H,18,19). The zero-order valence-corrected chi connectivity index (χ0v) is 12.8. The number of H-pyrrole nitrogens is 1. The number of rotatable bonds is 4. The monoisotopic (exact) mass is 299 g/mol. The third-order valence-electron chi connectivity index (χ3n) is 3.96. The van der Waals surface area contributed by atoms with Gasteiger partial charge in [0.25, 0.3) is 5.91 Å². The smallest absolute Gasteiger partial charge is 0.274 e. The minimum absolute atomic E-state index is 0.0213. The molecule has 0 unspecified atom stereocenters. The summed E-state index contributed by atoms with van der Waals surface area (Å²) in [7, 11) is 0. The predicted molar refractivity (Wildman–Crippen MR) is 84.9 cm³/mol. The Labute approximate surface area is 130 Å². The van der Waals surface area contributed by atoms with Crippen LogP contribution in [-0.2, 0) is 6.42 Å². The molecule has 1 fully saturated rings. The van der Waals surface area contributed by atoms with E-state index in [-0.39, 0.29) is 5.91 Å². The van der Waals surface area contributed by atoms with E-state index >= 15 is 0 Å². The van der Waals surface area contributed by atoms with Crippen LogP contribution in [0.1, 0.15) is 29.5 Å². The minimum Gasteiger partial charge on any atom is -0.368 e. The number of carbonyl (C=O) groups is 1. The summed E-state index contributed by atoms with van der Waals surface area (Å²) in [6, 6.07) is 5.88. The van der Waals surface area contributed by atoms with Crippen LogP contribution in [0.2, 0.25) is 0 Å². The SMILES string of the molecule is CCCc1cc(C(=O)N2CCN(c3ccncc3)CC2)n[nH]1. The summed E-state index contributed by atoms with van der Waals surface area (Å²) in [6.45, 7) is 5.22. The van der Waals surface area contributed by atoms with Gasteiger partial charge in [-0.3, -0.25) is 14.9 Å². The normalized spacial score (nSPS) is 15.1. The van der Waals surface area contributed by atoms with E-state index < -0.39 is 0 Å². The van der Waals surface area contributed by atoms with Crippen molar-refractivity contribution in [2.75, 3.05) is 31.1 Å². The van der Waals surface area contributed by atoms with E-state index in [4.69, 9.17) is 0 Å².